The largest absolute Gasteiger partial charge is 0.348 e. The molecule has 0 unspecified atom stereocenters. The molecule has 1 aliphatic heterocycles. The second kappa shape index (κ2) is 5.64. The van der Waals surface area contributed by atoms with Gasteiger partial charge in [-0.1, -0.05) is 6.92 Å². The Kier molecular flexibility index (Phi) is 4.74. The van der Waals surface area contributed by atoms with Crippen molar-refractivity contribution in [2.24, 2.45) is 0 Å². The summed E-state index contributed by atoms with van der Waals surface area (Å²) in [6.07, 6.45) is 0. The lowest BCUT2D eigenvalue weighted by molar-refractivity contribution is -0.131. The fourth-order valence-electron chi connectivity index (χ4n) is 2.25. The summed E-state index contributed by atoms with van der Waals surface area (Å²) in [5, 5.41) is 0. The van der Waals surface area contributed by atoms with Crippen molar-refractivity contribution in [1.82, 2.24) is 14.7 Å². The fourth-order valence-corrected chi connectivity index (χ4v) is 2.25. The summed E-state index contributed by atoms with van der Waals surface area (Å²) in [5.74, 6) is 0.198. The van der Waals surface area contributed by atoms with Gasteiger partial charge in [0.1, 0.15) is 0 Å². The van der Waals surface area contributed by atoms with Crippen LogP contribution < -0.4 is 0 Å². The van der Waals surface area contributed by atoms with E-state index < -0.39 is 0 Å². The molecule has 1 amide bonds. The monoisotopic (exact) mass is 227 g/mol. The topological polar surface area (TPSA) is 26.8 Å². The van der Waals surface area contributed by atoms with Crippen molar-refractivity contribution in [1.29, 1.82) is 0 Å². The van der Waals surface area contributed by atoms with E-state index in [4.69, 9.17) is 0 Å². The molecule has 0 aromatic heterocycles. The lowest BCUT2D eigenvalue weighted by Crippen LogP contribution is -2.57. The second-order valence-corrected chi connectivity index (χ2v) is 5.00. The van der Waals surface area contributed by atoms with E-state index in [-0.39, 0.29) is 5.91 Å². The van der Waals surface area contributed by atoms with Gasteiger partial charge in [0.05, 0.1) is 6.54 Å². The van der Waals surface area contributed by atoms with Crippen LogP contribution in [0.5, 0.6) is 0 Å². The number of hydrogen-bond acceptors (Lipinski definition) is 3. The molecule has 0 N–H and O–H groups in total. The number of likely N-dealkylation sites (N-methyl/N-ethyl adjacent to an activating group) is 2. The third-order valence-corrected chi connectivity index (χ3v) is 3.49. The van der Waals surface area contributed by atoms with Crippen molar-refractivity contribution in [3.8, 4) is 0 Å². The highest BCUT2D eigenvalue weighted by Gasteiger charge is 2.29. The maximum Gasteiger partial charge on any atom is 0.236 e. The number of amides is 1. The van der Waals surface area contributed by atoms with E-state index in [0.29, 0.717) is 18.6 Å². The van der Waals surface area contributed by atoms with E-state index >= 15 is 0 Å². The zero-order valence-corrected chi connectivity index (χ0v) is 11.2. The maximum atomic E-state index is 11.7. The van der Waals surface area contributed by atoms with E-state index in [9.17, 15) is 4.79 Å². The predicted octanol–water partition coefficient (Wildman–Crippen LogP) is 0.489. The van der Waals surface area contributed by atoms with Crippen molar-refractivity contribution in [3.63, 3.8) is 0 Å². The Labute approximate surface area is 99.2 Å². The van der Waals surface area contributed by atoms with Crippen LogP contribution in [0.4, 0.5) is 0 Å². The molecule has 16 heavy (non-hydrogen) atoms. The molecular weight excluding hydrogens is 202 g/mol. The van der Waals surface area contributed by atoms with Gasteiger partial charge in [-0.15, -0.1) is 0 Å². The third kappa shape index (κ3) is 3.19. The van der Waals surface area contributed by atoms with E-state index in [1.54, 1.807) is 4.90 Å². The number of nitrogens with zero attached hydrogens (tertiary/aromatic N) is 3. The molecule has 94 valence electrons. The second-order valence-electron chi connectivity index (χ2n) is 5.00. The molecule has 0 bridgehead atoms. The molecule has 0 spiro atoms. The van der Waals surface area contributed by atoms with E-state index in [1.807, 2.05) is 14.1 Å². The summed E-state index contributed by atoms with van der Waals surface area (Å²) in [5.41, 5.74) is 0. The number of hydrogen-bond donors (Lipinski definition) is 0. The van der Waals surface area contributed by atoms with Crippen LogP contribution in [0.15, 0.2) is 0 Å². The molecule has 1 aliphatic rings. The molecule has 0 saturated carbocycles. The minimum absolute atomic E-state index is 0.198. The number of carbonyl (C=O) groups is 1. The Balaban J connectivity index is 2.53. The van der Waals surface area contributed by atoms with Gasteiger partial charge in [0, 0.05) is 39.3 Å². The summed E-state index contributed by atoms with van der Waals surface area (Å²) in [7, 11) is 3.64. The van der Waals surface area contributed by atoms with Crippen LogP contribution >= 0.6 is 0 Å². The van der Waals surface area contributed by atoms with Gasteiger partial charge in [-0.3, -0.25) is 14.6 Å². The van der Waals surface area contributed by atoms with Gasteiger partial charge in [-0.2, -0.15) is 0 Å². The number of piperazine rings is 1. The fraction of sp³-hybridized carbons (Fsp3) is 0.917. The van der Waals surface area contributed by atoms with Gasteiger partial charge in [-0.05, 0) is 20.4 Å². The van der Waals surface area contributed by atoms with Crippen LogP contribution in [0.2, 0.25) is 0 Å². The van der Waals surface area contributed by atoms with Gasteiger partial charge in [0.2, 0.25) is 5.91 Å². The zero-order chi connectivity index (χ0) is 12.3. The first-order valence-corrected chi connectivity index (χ1v) is 6.14. The van der Waals surface area contributed by atoms with Gasteiger partial charge in [0.25, 0.3) is 0 Å². The minimum atomic E-state index is 0.198. The van der Waals surface area contributed by atoms with Crippen molar-refractivity contribution < 1.29 is 4.79 Å². The molecule has 0 radical (unpaired) electrons. The van der Waals surface area contributed by atoms with Crippen LogP contribution in [0, 0.1) is 0 Å². The van der Waals surface area contributed by atoms with E-state index in [2.05, 4.69) is 30.6 Å². The van der Waals surface area contributed by atoms with Gasteiger partial charge < -0.3 is 4.90 Å². The molecule has 1 fully saturated rings. The third-order valence-electron chi connectivity index (χ3n) is 3.49. The summed E-state index contributed by atoms with van der Waals surface area (Å²) < 4.78 is 0. The molecule has 1 rings (SSSR count). The first-order valence-electron chi connectivity index (χ1n) is 6.14. The molecule has 1 heterocycles. The smallest absolute Gasteiger partial charge is 0.236 e. The standard InChI is InChI=1S/C12H25N3O/c1-6-14-7-11(3)15(8-10(14)2)9-12(16)13(4)5/h10-11H,6-9H2,1-5H3/t10-,11+/m0/s1. The molecule has 0 aromatic carbocycles. The normalized spacial score (nSPS) is 28.1. The van der Waals surface area contributed by atoms with Gasteiger partial charge >= 0.3 is 0 Å². The highest BCUT2D eigenvalue weighted by atomic mass is 16.2. The molecule has 0 aliphatic carbocycles. The molecular formula is C12H25N3O. The van der Waals surface area contributed by atoms with E-state index in [0.717, 1.165) is 19.6 Å². The Morgan fingerprint density at radius 1 is 1.19 bits per heavy atom. The van der Waals surface area contributed by atoms with Crippen molar-refractivity contribution in [2.45, 2.75) is 32.9 Å². The van der Waals surface area contributed by atoms with Crippen LogP contribution in [0.25, 0.3) is 0 Å². The van der Waals surface area contributed by atoms with Crippen LogP contribution in [0.3, 0.4) is 0 Å². The highest BCUT2D eigenvalue weighted by Crippen LogP contribution is 2.14. The minimum Gasteiger partial charge on any atom is -0.348 e. The Bertz CT molecular complexity index is 242. The Morgan fingerprint density at radius 3 is 2.19 bits per heavy atom. The SMILES string of the molecule is CCN1C[C@@H](C)N(CC(=O)N(C)C)C[C@@H]1C. The van der Waals surface area contributed by atoms with Crippen molar-refractivity contribution >= 4 is 5.91 Å². The molecule has 0 aromatic rings. The first kappa shape index (κ1) is 13.5. The first-order chi connectivity index (χ1) is 7.45. The van der Waals surface area contributed by atoms with Crippen molar-refractivity contribution in [2.75, 3.05) is 40.3 Å². The summed E-state index contributed by atoms with van der Waals surface area (Å²) >= 11 is 0. The lowest BCUT2D eigenvalue weighted by atomic mass is 10.1. The quantitative estimate of drug-likeness (QED) is 0.702. The highest BCUT2D eigenvalue weighted by molar-refractivity contribution is 5.77. The maximum absolute atomic E-state index is 11.7. The van der Waals surface area contributed by atoms with Gasteiger partial charge in [0.15, 0.2) is 0 Å². The summed E-state index contributed by atoms with van der Waals surface area (Å²) in [6, 6.07) is 1.02. The predicted molar refractivity (Wildman–Crippen MR) is 66.4 cm³/mol. The Morgan fingerprint density at radius 2 is 1.69 bits per heavy atom. The average molecular weight is 227 g/mol. The molecule has 1 saturated heterocycles. The molecule has 4 heteroatoms. The zero-order valence-electron chi connectivity index (χ0n) is 11.2. The average Bonchev–Trinajstić information content (AvgIpc) is 2.22. The van der Waals surface area contributed by atoms with E-state index in [1.165, 1.54) is 0 Å². The van der Waals surface area contributed by atoms with Crippen LogP contribution in [0.1, 0.15) is 20.8 Å². The summed E-state index contributed by atoms with van der Waals surface area (Å²) in [4.78, 5) is 18.1. The molecule has 2 atom stereocenters. The number of rotatable bonds is 3. The molecule has 4 nitrogen and oxygen atoms in total. The lowest BCUT2D eigenvalue weighted by Gasteiger charge is -2.43. The van der Waals surface area contributed by atoms with Crippen LogP contribution in [-0.2, 0) is 4.79 Å². The van der Waals surface area contributed by atoms with Crippen LogP contribution in [-0.4, -0.2) is 73.0 Å². The van der Waals surface area contributed by atoms with Crippen molar-refractivity contribution in [3.05, 3.63) is 0 Å². The summed E-state index contributed by atoms with van der Waals surface area (Å²) in [6.45, 7) is 10.4. The number of carbonyl (C=O) groups excluding carboxylic acids is 1. The van der Waals surface area contributed by atoms with Gasteiger partial charge in [-0.25, -0.2) is 0 Å². The Hall–Kier alpha value is -0.610.